The molecule has 1 aliphatic heterocycles. The first-order valence-corrected chi connectivity index (χ1v) is 9.20. The van der Waals surface area contributed by atoms with E-state index in [0.717, 1.165) is 12.1 Å². The van der Waals surface area contributed by atoms with Crippen molar-refractivity contribution in [1.29, 1.82) is 0 Å². The van der Waals surface area contributed by atoms with Crippen molar-refractivity contribution in [3.8, 4) is 0 Å². The predicted molar refractivity (Wildman–Crippen MR) is 87.0 cm³/mol. The Bertz CT molecular complexity index is 903. The second kappa shape index (κ2) is 6.71. The molecule has 0 saturated carbocycles. The van der Waals surface area contributed by atoms with Gasteiger partial charge in [0.2, 0.25) is 5.95 Å². The van der Waals surface area contributed by atoms with Gasteiger partial charge in [0.15, 0.2) is 21.5 Å². The van der Waals surface area contributed by atoms with E-state index in [4.69, 9.17) is 0 Å². The van der Waals surface area contributed by atoms with Crippen molar-refractivity contribution in [3.63, 3.8) is 0 Å². The van der Waals surface area contributed by atoms with Crippen LogP contribution in [0.4, 0.5) is 20.4 Å². The van der Waals surface area contributed by atoms with E-state index in [2.05, 4.69) is 20.6 Å². The molecule has 1 aromatic carbocycles. The molecule has 1 aromatic heterocycles. The largest absolute Gasteiger partial charge is 0.350 e. The molecule has 7 nitrogen and oxygen atoms in total. The van der Waals surface area contributed by atoms with Crippen LogP contribution in [0.1, 0.15) is 16.8 Å². The molecule has 2 aromatic rings. The van der Waals surface area contributed by atoms with Gasteiger partial charge in [-0.25, -0.2) is 27.2 Å². The van der Waals surface area contributed by atoms with Crippen molar-refractivity contribution in [3.05, 3.63) is 47.8 Å². The van der Waals surface area contributed by atoms with Gasteiger partial charge in [-0.05, 0) is 18.6 Å². The average Bonchev–Trinajstić information content (AvgIpc) is 2.90. The highest BCUT2D eigenvalue weighted by molar-refractivity contribution is 7.91. The van der Waals surface area contributed by atoms with Crippen molar-refractivity contribution in [1.82, 2.24) is 9.97 Å². The number of anilines is 2. The van der Waals surface area contributed by atoms with E-state index >= 15 is 0 Å². The minimum absolute atomic E-state index is 0.0225. The third-order valence-corrected chi connectivity index (χ3v) is 5.43. The molecule has 2 N–H and O–H groups in total. The van der Waals surface area contributed by atoms with E-state index in [1.165, 1.54) is 18.5 Å². The van der Waals surface area contributed by atoms with Gasteiger partial charge in [0.1, 0.15) is 0 Å². The molecule has 1 saturated heterocycles. The molecule has 0 spiro atoms. The summed E-state index contributed by atoms with van der Waals surface area (Å²) >= 11 is 0. The summed E-state index contributed by atoms with van der Waals surface area (Å²) in [5.74, 6) is -2.30. The van der Waals surface area contributed by atoms with Gasteiger partial charge in [-0.15, -0.1) is 0 Å². The van der Waals surface area contributed by atoms with E-state index < -0.39 is 27.4 Å². The number of amides is 1. The Morgan fingerprint density at radius 1 is 1.16 bits per heavy atom. The van der Waals surface area contributed by atoms with Crippen LogP contribution in [0.5, 0.6) is 0 Å². The zero-order valence-electron chi connectivity index (χ0n) is 12.9. The molecular formula is C15H14F2N4O3S. The first kappa shape index (κ1) is 17.2. The molecule has 0 aliphatic carbocycles. The molecular weight excluding hydrogens is 354 g/mol. The summed E-state index contributed by atoms with van der Waals surface area (Å²) in [7, 11) is -3.02. The Morgan fingerprint density at radius 2 is 1.88 bits per heavy atom. The molecule has 25 heavy (non-hydrogen) atoms. The third-order valence-electron chi connectivity index (χ3n) is 3.66. The number of carbonyl (C=O) groups excluding carboxylic acids is 1. The quantitative estimate of drug-likeness (QED) is 0.850. The fourth-order valence-corrected chi connectivity index (χ4v) is 4.06. The van der Waals surface area contributed by atoms with Crippen LogP contribution in [0, 0.1) is 11.6 Å². The maximum Gasteiger partial charge on any atom is 0.258 e. The molecule has 1 atom stereocenters. The van der Waals surface area contributed by atoms with Crippen LogP contribution in [-0.4, -0.2) is 41.8 Å². The average molecular weight is 368 g/mol. The van der Waals surface area contributed by atoms with Crippen molar-refractivity contribution < 1.29 is 22.0 Å². The number of hydrogen-bond acceptors (Lipinski definition) is 6. The van der Waals surface area contributed by atoms with Crippen LogP contribution in [0.2, 0.25) is 0 Å². The summed E-state index contributed by atoms with van der Waals surface area (Å²) < 4.78 is 48.8. The fraction of sp³-hybridized carbons (Fsp3) is 0.267. The van der Waals surface area contributed by atoms with Crippen molar-refractivity contribution >= 4 is 27.4 Å². The molecule has 10 heteroatoms. The predicted octanol–water partition coefficient (Wildman–Crippen LogP) is 1.61. The lowest BCUT2D eigenvalue weighted by Gasteiger charge is -2.10. The Morgan fingerprint density at radius 3 is 2.48 bits per heavy atom. The van der Waals surface area contributed by atoms with E-state index in [-0.39, 0.29) is 34.7 Å². The normalized spacial score (nSPS) is 18.7. The van der Waals surface area contributed by atoms with Crippen LogP contribution in [0.15, 0.2) is 30.6 Å². The highest BCUT2D eigenvalue weighted by atomic mass is 32.2. The summed E-state index contributed by atoms with van der Waals surface area (Å²) in [4.78, 5) is 20.0. The standard InChI is InChI=1S/C15H14F2N4O3S/c16-12-2-1-10(5-13(12)17)20-14(22)9-6-18-15(19-7-9)21-11-3-4-25(23,24)8-11/h1-2,5-7,11H,3-4,8H2,(H,20,22)(H,18,19,21). The zero-order valence-corrected chi connectivity index (χ0v) is 13.7. The van der Waals surface area contributed by atoms with Crippen LogP contribution in [-0.2, 0) is 9.84 Å². The smallest absolute Gasteiger partial charge is 0.258 e. The number of sulfone groups is 1. The van der Waals surface area contributed by atoms with Crippen molar-refractivity contribution in [2.24, 2.45) is 0 Å². The molecule has 1 fully saturated rings. The van der Waals surface area contributed by atoms with Crippen LogP contribution < -0.4 is 10.6 Å². The summed E-state index contributed by atoms with van der Waals surface area (Å²) in [5.41, 5.74) is 0.219. The number of nitrogens with zero attached hydrogens (tertiary/aromatic N) is 2. The molecule has 1 unspecified atom stereocenters. The number of aromatic nitrogens is 2. The van der Waals surface area contributed by atoms with Gasteiger partial charge in [0, 0.05) is 30.2 Å². The van der Waals surface area contributed by atoms with Gasteiger partial charge < -0.3 is 10.6 Å². The Balaban J connectivity index is 1.63. The second-order valence-electron chi connectivity index (χ2n) is 5.62. The molecule has 0 radical (unpaired) electrons. The topological polar surface area (TPSA) is 101 Å². The van der Waals surface area contributed by atoms with Crippen LogP contribution in [0.3, 0.4) is 0 Å². The van der Waals surface area contributed by atoms with Gasteiger partial charge in [-0.3, -0.25) is 4.79 Å². The second-order valence-corrected chi connectivity index (χ2v) is 7.85. The monoisotopic (exact) mass is 368 g/mol. The number of carbonyl (C=O) groups is 1. The maximum absolute atomic E-state index is 13.1. The van der Waals surface area contributed by atoms with Crippen molar-refractivity contribution in [2.75, 3.05) is 22.1 Å². The first-order valence-electron chi connectivity index (χ1n) is 7.38. The van der Waals surface area contributed by atoms with E-state index in [9.17, 15) is 22.0 Å². The van der Waals surface area contributed by atoms with E-state index in [1.54, 1.807) is 0 Å². The Kier molecular flexibility index (Phi) is 4.62. The summed E-state index contributed by atoms with van der Waals surface area (Å²) in [6.45, 7) is 0. The zero-order chi connectivity index (χ0) is 18.0. The minimum atomic E-state index is -3.02. The van der Waals surface area contributed by atoms with Gasteiger partial charge in [0.05, 0.1) is 17.1 Å². The SMILES string of the molecule is O=C(Nc1ccc(F)c(F)c1)c1cnc(NC2CCS(=O)(=O)C2)nc1. The number of hydrogen-bond donors (Lipinski definition) is 2. The molecule has 132 valence electrons. The lowest BCUT2D eigenvalue weighted by Crippen LogP contribution is -2.22. The highest BCUT2D eigenvalue weighted by Gasteiger charge is 2.28. The molecule has 3 rings (SSSR count). The summed E-state index contributed by atoms with van der Waals surface area (Å²) in [6.07, 6.45) is 2.99. The molecule has 1 amide bonds. The van der Waals surface area contributed by atoms with Crippen molar-refractivity contribution in [2.45, 2.75) is 12.5 Å². The molecule has 0 bridgehead atoms. The summed E-state index contributed by atoms with van der Waals surface area (Å²) in [6, 6.07) is 2.74. The van der Waals surface area contributed by atoms with Gasteiger partial charge >= 0.3 is 0 Å². The molecule has 1 aliphatic rings. The number of rotatable bonds is 4. The van der Waals surface area contributed by atoms with E-state index in [0.29, 0.717) is 6.42 Å². The Hall–Kier alpha value is -2.62. The summed E-state index contributed by atoms with van der Waals surface area (Å²) in [5, 5.41) is 5.31. The number of nitrogens with one attached hydrogen (secondary N) is 2. The highest BCUT2D eigenvalue weighted by Crippen LogP contribution is 2.16. The lowest BCUT2D eigenvalue weighted by atomic mass is 10.2. The van der Waals surface area contributed by atoms with E-state index in [1.807, 2.05) is 0 Å². The maximum atomic E-state index is 13.1. The number of benzene rings is 1. The minimum Gasteiger partial charge on any atom is -0.350 e. The van der Waals surface area contributed by atoms with Gasteiger partial charge in [0.25, 0.3) is 5.91 Å². The first-order chi connectivity index (χ1) is 11.8. The third kappa shape index (κ3) is 4.27. The van der Waals surface area contributed by atoms with Gasteiger partial charge in [-0.1, -0.05) is 0 Å². The number of halogens is 2. The van der Waals surface area contributed by atoms with Crippen LogP contribution in [0.25, 0.3) is 0 Å². The van der Waals surface area contributed by atoms with Crippen LogP contribution >= 0.6 is 0 Å². The van der Waals surface area contributed by atoms with Gasteiger partial charge in [-0.2, -0.15) is 0 Å². The Labute approximate surface area is 142 Å². The molecule has 2 heterocycles. The fourth-order valence-electron chi connectivity index (χ4n) is 2.39. The lowest BCUT2D eigenvalue weighted by molar-refractivity contribution is 0.102.